The second kappa shape index (κ2) is 9.44. The summed E-state index contributed by atoms with van der Waals surface area (Å²) in [6, 6.07) is 14.9. The molecule has 0 heterocycles. The Morgan fingerprint density at radius 3 is 2.68 bits per heavy atom. The minimum Gasteiger partial charge on any atom is -0.493 e. The molecular weight excluding hydrogens is 322 g/mol. The molecule has 6 heteroatoms. The third kappa shape index (κ3) is 5.61. The molecule has 25 heavy (non-hydrogen) atoms. The van der Waals surface area contributed by atoms with Crippen molar-refractivity contribution in [2.24, 2.45) is 0 Å². The van der Waals surface area contributed by atoms with Gasteiger partial charge >= 0.3 is 5.97 Å². The molecule has 0 fully saturated rings. The first-order chi connectivity index (χ1) is 12.1. The zero-order valence-corrected chi connectivity index (χ0v) is 14.0. The van der Waals surface area contributed by atoms with Gasteiger partial charge in [0.2, 0.25) is 0 Å². The monoisotopic (exact) mass is 343 g/mol. The van der Waals surface area contributed by atoms with E-state index in [9.17, 15) is 9.59 Å². The van der Waals surface area contributed by atoms with Crippen molar-refractivity contribution in [1.29, 1.82) is 0 Å². The number of ether oxygens (including phenoxy) is 2. The number of amides is 1. The number of carboxylic acids is 1. The van der Waals surface area contributed by atoms with Crippen LogP contribution in [0.2, 0.25) is 0 Å². The van der Waals surface area contributed by atoms with E-state index in [2.05, 4.69) is 5.32 Å². The first kappa shape index (κ1) is 18.5. The third-order valence-corrected chi connectivity index (χ3v) is 3.38. The van der Waals surface area contributed by atoms with E-state index in [-0.39, 0.29) is 25.7 Å². The van der Waals surface area contributed by atoms with Crippen molar-refractivity contribution in [2.75, 3.05) is 26.4 Å². The van der Waals surface area contributed by atoms with Gasteiger partial charge in [-0.1, -0.05) is 30.3 Å². The largest absolute Gasteiger partial charge is 0.493 e. The molecule has 0 aromatic heterocycles. The van der Waals surface area contributed by atoms with Crippen LogP contribution in [0.3, 0.4) is 0 Å². The van der Waals surface area contributed by atoms with E-state index in [1.54, 1.807) is 12.1 Å². The number of carbonyl (C=O) groups is 2. The SMILES string of the molecule is CCOc1ccccc1-c1cccc(C(=O)NCCOCC(=O)O)c1. The van der Waals surface area contributed by atoms with Gasteiger partial charge in [-0.3, -0.25) is 4.79 Å². The van der Waals surface area contributed by atoms with E-state index in [1.165, 1.54) is 0 Å². The van der Waals surface area contributed by atoms with E-state index in [0.29, 0.717) is 12.2 Å². The summed E-state index contributed by atoms with van der Waals surface area (Å²) < 4.78 is 10.5. The van der Waals surface area contributed by atoms with E-state index < -0.39 is 5.97 Å². The summed E-state index contributed by atoms with van der Waals surface area (Å²) in [4.78, 5) is 22.6. The number of carboxylic acid groups (broad SMARTS) is 1. The molecule has 0 radical (unpaired) electrons. The molecule has 0 aliphatic heterocycles. The maximum atomic E-state index is 12.2. The van der Waals surface area contributed by atoms with Crippen molar-refractivity contribution in [3.8, 4) is 16.9 Å². The Labute approximate surface area is 146 Å². The van der Waals surface area contributed by atoms with Crippen molar-refractivity contribution in [3.63, 3.8) is 0 Å². The van der Waals surface area contributed by atoms with Crippen LogP contribution in [0.5, 0.6) is 5.75 Å². The molecule has 132 valence electrons. The van der Waals surface area contributed by atoms with Crippen molar-refractivity contribution >= 4 is 11.9 Å². The minimum atomic E-state index is -1.04. The number of hydrogen-bond donors (Lipinski definition) is 2. The lowest BCUT2D eigenvalue weighted by atomic mass is 10.0. The van der Waals surface area contributed by atoms with Gasteiger partial charge in [0.25, 0.3) is 5.91 Å². The number of para-hydroxylation sites is 1. The highest BCUT2D eigenvalue weighted by Crippen LogP contribution is 2.30. The molecule has 0 bridgehead atoms. The first-order valence-electron chi connectivity index (χ1n) is 8.01. The molecule has 0 aliphatic rings. The normalized spacial score (nSPS) is 10.3. The first-order valence-corrected chi connectivity index (χ1v) is 8.01. The quantitative estimate of drug-likeness (QED) is 0.684. The zero-order chi connectivity index (χ0) is 18.1. The van der Waals surface area contributed by atoms with Crippen molar-refractivity contribution < 1.29 is 24.2 Å². The highest BCUT2D eigenvalue weighted by atomic mass is 16.5. The van der Waals surface area contributed by atoms with Gasteiger partial charge in [0.1, 0.15) is 12.4 Å². The molecule has 2 rings (SSSR count). The number of nitrogens with one attached hydrogen (secondary N) is 1. The van der Waals surface area contributed by atoms with Crippen LogP contribution in [-0.2, 0) is 9.53 Å². The number of rotatable bonds is 9. The van der Waals surface area contributed by atoms with E-state index >= 15 is 0 Å². The molecule has 0 unspecified atom stereocenters. The van der Waals surface area contributed by atoms with Crippen LogP contribution in [0, 0.1) is 0 Å². The van der Waals surface area contributed by atoms with Gasteiger partial charge in [0, 0.05) is 17.7 Å². The lowest BCUT2D eigenvalue weighted by Crippen LogP contribution is -2.27. The predicted molar refractivity (Wildman–Crippen MR) is 93.8 cm³/mol. The van der Waals surface area contributed by atoms with Gasteiger partial charge in [-0.05, 0) is 30.7 Å². The number of aliphatic carboxylic acids is 1. The van der Waals surface area contributed by atoms with Crippen LogP contribution < -0.4 is 10.1 Å². The summed E-state index contributed by atoms with van der Waals surface area (Å²) in [5, 5.41) is 11.2. The predicted octanol–water partition coefficient (Wildman–Crippen LogP) is 2.58. The minimum absolute atomic E-state index is 0.144. The topological polar surface area (TPSA) is 84.9 Å². The standard InChI is InChI=1S/C19H21NO5/c1-2-25-17-9-4-3-8-16(17)14-6-5-7-15(12-14)19(23)20-10-11-24-13-18(21)22/h3-9,12H,2,10-11,13H2,1H3,(H,20,23)(H,21,22). The number of benzene rings is 2. The molecule has 0 saturated carbocycles. The van der Waals surface area contributed by atoms with Crippen LogP contribution in [0.1, 0.15) is 17.3 Å². The fraction of sp³-hybridized carbons (Fsp3) is 0.263. The second-order valence-corrected chi connectivity index (χ2v) is 5.21. The van der Waals surface area contributed by atoms with Gasteiger partial charge < -0.3 is 19.9 Å². The summed E-state index contributed by atoms with van der Waals surface area (Å²) in [6.45, 7) is 2.50. The Morgan fingerprint density at radius 1 is 1.12 bits per heavy atom. The van der Waals surface area contributed by atoms with Gasteiger partial charge in [0.05, 0.1) is 13.2 Å². The fourth-order valence-electron chi connectivity index (χ4n) is 2.31. The fourth-order valence-corrected chi connectivity index (χ4v) is 2.31. The van der Waals surface area contributed by atoms with Crippen LogP contribution in [0.25, 0.3) is 11.1 Å². The van der Waals surface area contributed by atoms with Crippen molar-refractivity contribution in [2.45, 2.75) is 6.92 Å². The smallest absolute Gasteiger partial charge is 0.329 e. The van der Waals surface area contributed by atoms with E-state index in [1.807, 2.05) is 43.3 Å². The zero-order valence-electron chi connectivity index (χ0n) is 14.0. The summed E-state index contributed by atoms with van der Waals surface area (Å²) in [7, 11) is 0. The molecule has 6 nitrogen and oxygen atoms in total. The summed E-state index contributed by atoms with van der Waals surface area (Å²) in [6.07, 6.45) is 0. The van der Waals surface area contributed by atoms with Gasteiger partial charge in [-0.25, -0.2) is 4.79 Å². The molecule has 2 aromatic carbocycles. The van der Waals surface area contributed by atoms with Crippen molar-refractivity contribution in [1.82, 2.24) is 5.32 Å². The van der Waals surface area contributed by atoms with Crippen LogP contribution in [-0.4, -0.2) is 43.3 Å². The Bertz CT molecular complexity index is 729. The lowest BCUT2D eigenvalue weighted by molar-refractivity contribution is -0.142. The van der Waals surface area contributed by atoms with Crippen LogP contribution in [0.4, 0.5) is 0 Å². The molecule has 0 saturated heterocycles. The summed E-state index contributed by atoms with van der Waals surface area (Å²) in [5.74, 6) is -0.508. The molecular formula is C19H21NO5. The Morgan fingerprint density at radius 2 is 1.92 bits per heavy atom. The average molecular weight is 343 g/mol. The lowest BCUT2D eigenvalue weighted by Gasteiger charge is -2.11. The maximum absolute atomic E-state index is 12.2. The molecule has 1 amide bonds. The van der Waals surface area contributed by atoms with Gasteiger partial charge in [-0.2, -0.15) is 0 Å². The summed E-state index contributed by atoms with van der Waals surface area (Å²) >= 11 is 0. The molecule has 2 aromatic rings. The molecule has 0 spiro atoms. The van der Waals surface area contributed by atoms with Crippen molar-refractivity contribution in [3.05, 3.63) is 54.1 Å². The molecule has 0 aliphatic carbocycles. The van der Waals surface area contributed by atoms with Crippen LogP contribution >= 0.6 is 0 Å². The van der Waals surface area contributed by atoms with Gasteiger partial charge in [-0.15, -0.1) is 0 Å². The maximum Gasteiger partial charge on any atom is 0.329 e. The van der Waals surface area contributed by atoms with E-state index in [0.717, 1.165) is 16.9 Å². The van der Waals surface area contributed by atoms with Crippen LogP contribution in [0.15, 0.2) is 48.5 Å². The summed E-state index contributed by atoms with van der Waals surface area (Å²) in [5.41, 5.74) is 2.32. The highest BCUT2D eigenvalue weighted by molar-refractivity contribution is 5.95. The Kier molecular flexibility index (Phi) is 6.98. The number of hydrogen-bond acceptors (Lipinski definition) is 4. The molecule has 2 N–H and O–H groups in total. The van der Waals surface area contributed by atoms with E-state index in [4.69, 9.17) is 14.6 Å². The average Bonchev–Trinajstić information content (AvgIpc) is 2.62. The van der Waals surface area contributed by atoms with Gasteiger partial charge in [0.15, 0.2) is 0 Å². The highest BCUT2D eigenvalue weighted by Gasteiger charge is 2.10. The Hall–Kier alpha value is -2.86. The number of carbonyl (C=O) groups excluding carboxylic acids is 1. The second-order valence-electron chi connectivity index (χ2n) is 5.21. The molecule has 0 atom stereocenters. The third-order valence-electron chi connectivity index (χ3n) is 3.38. The Balaban J connectivity index is 2.03.